The lowest BCUT2D eigenvalue weighted by Gasteiger charge is -2.02. The molecule has 6 heteroatoms. The average Bonchev–Trinajstić information content (AvgIpc) is 2.16. The maximum Gasteiger partial charge on any atom is 0.330 e. The van der Waals surface area contributed by atoms with Gasteiger partial charge < -0.3 is 10.5 Å². The maximum atomic E-state index is 10.7. The molecular weight excluding hydrogens is 196 g/mol. The van der Waals surface area contributed by atoms with Gasteiger partial charge in [0.2, 0.25) is 5.95 Å². The van der Waals surface area contributed by atoms with Crippen LogP contribution in [-0.2, 0) is 16.0 Å². The van der Waals surface area contributed by atoms with E-state index in [1.807, 2.05) is 0 Å². The molecule has 0 saturated carbocycles. The molecule has 0 aliphatic carbocycles. The summed E-state index contributed by atoms with van der Waals surface area (Å²) in [6.45, 7) is 5.20. The number of hydrogen-bond donors (Lipinski definition) is 1. The van der Waals surface area contributed by atoms with Gasteiger partial charge in [0.25, 0.3) is 0 Å². The Labute approximate surface area is 87.2 Å². The maximum absolute atomic E-state index is 10.7. The Morgan fingerprint density at radius 1 is 1.53 bits per heavy atom. The van der Waals surface area contributed by atoms with Gasteiger partial charge >= 0.3 is 5.97 Å². The van der Waals surface area contributed by atoms with Gasteiger partial charge in [0, 0.05) is 12.5 Å². The summed E-state index contributed by atoms with van der Waals surface area (Å²) in [6, 6.07) is 0. The van der Waals surface area contributed by atoms with Crippen molar-refractivity contribution in [3.63, 3.8) is 0 Å². The fourth-order valence-electron chi connectivity index (χ4n) is 0.973. The van der Waals surface area contributed by atoms with Gasteiger partial charge in [-0.3, -0.25) is 0 Å². The molecule has 0 bridgehead atoms. The number of anilines is 1. The van der Waals surface area contributed by atoms with Gasteiger partial charge in [-0.15, -0.1) is 0 Å². The number of carbonyl (C=O) groups is 1. The summed E-state index contributed by atoms with van der Waals surface area (Å²) in [7, 11) is 0. The van der Waals surface area contributed by atoms with E-state index >= 15 is 0 Å². The minimum absolute atomic E-state index is 0.174. The van der Waals surface area contributed by atoms with Crippen molar-refractivity contribution < 1.29 is 9.53 Å². The average molecular weight is 208 g/mol. The summed E-state index contributed by atoms with van der Waals surface area (Å²) >= 11 is 0. The van der Waals surface area contributed by atoms with Crippen molar-refractivity contribution in [3.05, 3.63) is 24.3 Å². The van der Waals surface area contributed by atoms with Gasteiger partial charge in [-0.2, -0.15) is 9.97 Å². The Hall–Kier alpha value is -1.98. The molecule has 0 unspecified atom stereocenters. The van der Waals surface area contributed by atoms with Gasteiger partial charge in [-0.25, -0.2) is 9.78 Å². The number of hydrogen-bond acceptors (Lipinski definition) is 6. The number of nitrogen functional groups attached to an aromatic ring is 1. The number of esters is 1. The Morgan fingerprint density at radius 3 is 2.87 bits per heavy atom. The third kappa shape index (κ3) is 3.72. The normalized spacial score (nSPS) is 9.67. The van der Waals surface area contributed by atoms with E-state index < -0.39 is 5.97 Å². The minimum Gasteiger partial charge on any atom is -0.462 e. The molecule has 6 nitrogen and oxygen atoms in total. The molecule has 15 heavy (non-hydrogen) atoms. The Balaban J connectivity index is 2.50. The number of rotatable bonds is 4. The van der Waals surface area contributed by atoms with Crippen molar-refractivity contribution in [2.45, 2.75) is 13.3 Å². The lowest BCUT2D eigenvalue weighted by molar-refractivity contribution is -0.137. The molecule has 0 atom stereocenters. The molecule has 0 amide bonds. The van der Waals surface area contributed by atoms with Crippen molar-refractivity contribution in [3.8, 4) is 0 Å². The lowest BCUT2D eigenvalue weighted by atomic mass is 10.4. The standard InChI is InChI=1S/C9H12N4O2/c1-3-8(14)15-5-4-7-11-6(2)12-9(10)13-7/h3H,1,4-5H2,2H3,(H2,10,11,12,13). The van der Waals surface area contributed by atoms with Gasteiger partial charge in [0.1, 0.15) is 11.6 Å². The highest BCUT2D eigenvalue weighted by atomic mass is 16.5. The number of aryl methyl sites for hydroxylation is 1. The molecule has 1 heterocycles. The second-order valence-corrected chi connectivity index (χ2v) is 2.78. The molecule has 0 aliphatic rings. The van der Waals surface area contributed by atoms with E-state index in [-0.39, 0.29) is 12.6 Å². The first-order valence-electron chi connectivity index (χ1n) is 4.38. The molecule has 80 valence electrons. The SMILES string of the molecule is C=CC(=O)OCCc1nc(C)nc(N)n1. The Morgan fingerprint density at radius 2 is 2.27 bits per heavy atom. The molecule has 0 fully saturated rings. The van der Waals surface area contributed by atoms with E-state index in [4.69, 9.17) is 10.5 Å². The summed E-state index contributed by atoms with van der Waals surface area (Å²) in [5.41, 5.74) is 5.43. The zero-order valence-electron chi connectivity index (χ0n) is 8.43. The van der Waals surface area contributed by atoms with E-state index in [1.54, 1.807) is 6.92 Å². The second kappa shape index (κ2) is 5.04. The Kier molecular flexibility index (Phi) is 3.73. The Bertz CT molecular complexity index is 358. The third-order valence-electron chi connectivity index (χ3n) is 1.55. The summed E-state index contributed by atoms with van der Waals surface area (Å²) in [4.78, 5) is 22.5. The fraction of sp³-hybridized carbons (Fsp3) is 0.333. The summed E-state index contributed by atoms with van der Waals surface area (Å²) in [5, 5.41) is 0. The monoisotopic (exact) mass is 208 g/mol. The van der Waals surface area contributed by atoms with E-state index in [0.29, 0.717) is 18.1 Å². The van der Waals surface area contributed by atoms with Crippen LogP contribution >= 0.6 is 0 Å². The number of aromatic nitrogens is 3. The zero-order chi connectivity index (χ0) is 11.3. The first-order valence-corrected chi connectivity index (χ1v) is 4.38. The largest absolute Gasteiger partial charge is 0.462 e. The highest BCUT2D eigenvalue weighted by Gasteiger charge is 2.02. The van der Waals surface area contributed by atoms with Crippen molar-refractivity contribution in [1.29, 1.82) is 0 Å². The van der Waals surface area contributed by atoms with Crippen LogP contribution in [0.5, 0.6) is 0 Å². The quantitative estimate of drug-likeness (QED) is 0.554. The molecule has 0 radical (unpaired) electrons. The summed E-state index contributed by atoms with van der Waals surface area (Å²) in [5.74, 6) is 0.769. The van der Waals surface area contributed by atoms with Crippen LogP contribution in [0.15, 0.2) is 12.7 Å². The minimum atomic E-state index is -0.464. The van der Waals surface area contributed by atoms with Gasteiger partial charge in [0.15, 0.2) is 0 Å². The highest BCUT2D eigenvalue weighted by molar-refractivity contribution is 5.81. The first-order chi connectivity index (χ1) is 7.11. The van der Waals surface area contributed by atoms with E-state index in [2.05, 4.69) is 21.5 Å². The number of nitrogens with two attached hydrogens (primary N) is 1. The lowest BCUT2D eigenvalue weighted by Crippen LogP contribution is -2.09. The van der Waals surface area contributed by atoms with E-state index in [9.17, 15) is 4.79 Å². The van der Waals surface area contributed by atoms with Crippen LogP contribution in [0.4, 0.5) is 5.95 Å². The van der Waals surface area contributed by atoms with Crippen LogP contribution in [0, 0.1) is 6.92 Å². The van der Waals surface area contributed by atoms with Crippen molar-refractivity contribution >= 4 is 11.9 Å². The third-order valence-corrected chi connectivity index (χ3v) is 1.55. The highest BCUT2D eigenvalue weighted by Crippen LogP contribution is 1.97. The van der Waals surface area contributed by atoms with Crippen LogP contribution in [-0.4, -0.2) is 27.5 Å². The van der Waals surface area contributed by atoms with Gasteiger partial charge in [-0.05, 0) is 6.92 Å². The molecule has 0 aliphatic heterocycles. The van der Waals surface area contributed by atoms with Crippen molar-refractivity contribution in [2.75, 3.05) is 12.3 Å². The van der Waals surface area contributed by atoms with Gasteiger partial charge in [0.05, 0.1) is 6.61 Å². The number of nitrogens with zero attached hydrogens (tertiary/aromatic N) is 3. The van der Waals surface area contributed by atoms with Crippen LogP contribution < -0.4 is 5.73 Å². The van der Waals surface area contributed by atoms with E-state index in [0.717, 1.165) is 6.08 Å². The molecule has 1 aromatic heterocycles. The molecule has 2 N–H and O–H groups in total. The topological polar surface area (TPSA) is 91.0 Å². The molecular formula is C9H12N4O2. The van der Waals surface area contributed by atoms with Crippen molar-refractivity contribution in [1.82, 2.24) is 15.0 Å². The van der Waals surface area contributed by atoms with Crippen molar-refractivity contribution in [2.24, 2.45) is 0 Å². The molecule has 0 aromatic carbocycles. The zero-order valence-corrected chi connectivity index (χ0v) is 8.43. The van der Waals surface area contributed by atoms with Crippen LogP contribution in [0.2, 0.25) is 0 Å². The predicted molar refractivity (Wildman–Crippen MR) is 53.8 cm³/mol. The van der Waals surface area contributed by atoms with Gasteiger partial charge in [-0.1, -0.05) is 6.58 Å². The number of carbonyl (C=O) groups excluding carboxylic acids is 1. The van der Waals surface area contributed by atoms with E-state index in [1.165, 1.54) is 0 Å². The molecule has 1 rings (SSSR count). The van der Waals surface area contributed by atoms with Crippen LogP contribution in [0.3, 0.4) is 0 Å². The molecule has 1 aromatic rings. The summed E-state index contributed by atoms with van der Waals surface area (Å²) in [6.07, 6.45) is 1.51. The first kappa shape index (κ1) is 11.1. The van der Waals surface area contributed by atoms with Crippen LogP contribution in [0.1, 0.15) is 11.6 Å². The predicted octanol–water partition coefficient (Wildman–Crippen LogP) is 0.0339. The summed E-state index contributed by atoms with van der Waals surface area (Å²) < 4.78 is 4.78. The number of ether oxygens (including phenoxy) is 1. The smallest absolute Gasteiger partial charge is 0.330 e. The fourth-order valence-corrected chi connectivity index (χ4v) is 0.973. The molecule has 0 saturated heterocycles. The second-order valence-electron chi connectivity index (χ2n) is 2.78. The van der Waals surface area contributed by atoms with Crippen LogP contribution in [0.25, 0.3) is 0 Å². The molecule has 0 spiro atoms.